The number of ketones is 2. The Bertz CT molecular complexity index is 1850. The number of Topliss-reactive ketones (excluding diaryl/α,β-unsaturated/α-hetero) is 1. The molecule has 6 atom stereocenters. The molecule has 2 amide bonds. The van der Waals surface area contributed by atoms with E-state index in [-0.39, 0.29) is 35.6 Å². The first-order valence-electron chi connectivity index (χ1n) is 16.2. The molecule has 4 aliphatic rings. The molecule has 1 N–H and O–H groups in total. The number of rotatable bonds is 7. The number of allylic oxidation sites excluding steroid dienone is 4. The Morgan fingerprint density at radius 2 is 1.60 bits per heavy atom. The van der Waals surface area contributed by atoms with Gasteiger partial charge in [-0.05, 0) is 42.4 Å². The van der Waals surface area contributed by atoms with Crippen molar-refractivity contribution in [2.24, 2.45) is 23.7 Å². The van der Waals surface area contributed by atoms with Gasteiger partial charge in [0, 0.05) is 41.6 Å². The van der Waals surface area contributed by atoms with Crippen LogP contribution in [0.3, 0.4) is 0 Å². The van der Waals surface area contributed by atoms with Gasteiger partial charge in [-0.1, -0.05) is 79.2 Å². The van der Waals surface area contributed by atoms with E-state index in [9.17, 15) is 19.5 Å². The van der Waals surface area contributed by atoms with E-state index in [1.807, 2.05) is 73.7 Å². The molecule has 0 radical (unpaired) electrons. The molecule has 1 saturated heterocycles. The zero-order valence-electron chi connectivity index (χ0n) is 26.6. The van der Waals surface area contributed by atoms with Gasteiger partial charge < -0.3 is 14.6 Å². The number of methoxy groups -OCH3 is 2. The van der Waals surface area contributed by atoms with E-state index in [1.165, 1.54) is 31.3 Å². The number of phenols is 1. The molecule has 3 aliphatic carbocycles. The molecule has 8 nitrogen and oxygen atoms in total. The Kier molecular flexibility index (Phi) is 7.62. The van der Waals surface area contributed by atoms with Crippen molar-refractivity contribution in [2.45, 2.75) is 37.5 Å². The smallest absolute Gasteiger partial charge is 0.233 e. The summed E-state index contributed by atoms with van der Waals surface area (Å²) in [4.78, 5) is 59.1. The van der Waals surface area contributed by atoms with Gasteiger partial charge in [-0.3, -0.25) is 24.1 Å². The predicted octanol–water partition coefficient (Wildman–Crippen LogP) is 5.64. The van der Waals surface area contributed by atoms with E-state index in [1.54, 1.807) is 6.07 Å². The number of hydrogen-bond donors (Lipinski definition) is 1. The number of hydrogen-bond acceptors (Lipinski definition) is 7. The number of imide groups is 1. The first-order valence-corrected chi connectivity index (χ1v) is 16.2. The molecule has 1 aliphatic heterocycles. The van der Waals surface area contributed by atoms with Gasteiger partial charge in [-0.2, -0.15) is 0 Å². The van der Waals surface area contributed by atoms with Gasteiger partial charge in [0.25, 0.3) is 0 Å². The molecule has 2 fully saturated rings. The third kappa shape index (κ3) is 4.41. The predicted molar refractivity (Wildman–Crippen MR) is 175 cm³/mol. The van der Waals surface area contributed by atoms with Crippen molar-refractivity contribution >= 4 is 29.0 Å². The number of aromatic hydroxyl groups is 1. The lowest BCUT2D eigenvalue weighted by atomic mass is 9.44. The molecule has 0 spiro atoms. The first-order chi connectivity index (χ1) is 22.8. The number of carbonyl (C=O) groups excluding carboxylic acids is 4. The summed E-state index contributed by atoms with van der Waals surface area (Å²) in [6, 6.07) is 21.5. The second kappa shape index (κ2) is 11.7. The second-order valence-corrected chi connectivity index (χ2v) is 12.9. The highest BCUT2D eigenvalue weighted by Gasteiger charge is 2.66. The number of nitrogens with zero attached hydrogens (tertiary/aromatic N) is 1. The molecule has 240 valence electrons. The molecule has 6 unspecified atom stereocenters. The van der Waals surface area contributed by atoms with Crippen molar-refractivity contribution in [3.05, 3.63) is 107 Å². The Morgan fingerprint density at radius 1 is 0.894 bits per heavy atom. The van der Waals surface area contributed by atoms with Crippen molar-refractivity contribution in [3.8, 4) is 17.2 Å². The van der Waals surface area contributed by atoms with E-state index in [4.69, 9.17) is 9.47 Å². The minimum Gasteiger partial charge on any atom is -0.507 e. The molecule has 0 aromatic heterocycles. The molecular formula is C39H37NO7. The summed E-state index contributed by atoms with van der Waals surface area (Å²) < 4.78 is 11.3. The number of phenolic OH excluding ortho intramolecular Hbond substituents is 1. The fourth-order valence-corrected chi connectivity index (χ4v) is 8.86. The average molecular weight is 632 g/mol. The van der Waals surface area contributed by atoms with Crippen LogP contribution >= 0.6 is 0 Å². The fourth-order valence-electron chi connectivity index (χ4n) is 8.86. The third-order valence-corrected chi connectivity index (χ3v) is 10.8. The largest absolute Gasteiger partial charge is 0.507 e. The molecule has 3 aromatic rings. The van der Waals surface area contributed by atoms with Crippen LogP contribution in [-0.4, -0.2) is 54.2 Å². The van der Waals surface area contributed by atoms with E-state index >= 15 is 4.79 Å². The third-order valence-electron chi connectivity index (χ3n) is 10.8. The maximum absolute atomic E-state index is 15.1. The molecule has 3 aromatic carbocycles. The van der Waals surface area contributed by atoms with E-state index in [2.05, 4.69) is 0 Å². The zero-order valence-corrected chi connectivity index (χ0v) is 26.6. The minimum atomic E-state index is -1.47. The summed E-state index contributed by atoms with van der Waals surface area (Å²) >= 11 is 0. The fraction of sp³-hybridized carbons (Fsp3) is 0.333. The van der Waals surface area contributed by atoms with Crippen LogP contribution in [0.1, 0.15) is 48.8 Å². The van der Waals surface area contributed by atoms with E-state index in [0.29, 0.717) is 53.1 Å². The van der Waals surface area contributed by atoms with Crippen molar-refractivity contribution in [1.29, 1.82) is 0 Å². The van der Waals surface area contributed by atoms with Crippen LogP contribution in [0.4, 0.5) is 0 Å². The summed E-state index contributed by atoms with van der Waals surface area (Å²) in [7, 11) is 2.97. The standard InChI is InChI=1S/C39H37NO7/c1-4-17-40-37(44)26-16-15-25-28(33(26)38(40)45)20-29-36(43)27(22-11-7-5-8-12-22)21-32(42)39(29,23-13-9-6-10-14-23)35(25)34-30(41)18-24(46-2)19-31(34)47-3/h5-15,18-19,21,26,28-29,33,35,41H,4,16-17,20H2,1-3H3. The summed E-state index contributed by atoms with van der Waals surface area (Å²) in [5.74, 6) is -3.91. The van der Waals surface area contributed by atoms with Crippen molar-refractivity contribution in [3.63, 3.8) is 0 Å². The van der Waals surface area contributed by atoms with Crippen molar-refractivity contribution in [1.82, 2.24) is 4.90 Å². The normalized spacial score (nSPS) is 28.2. The van der Waals surface area contributed by atoms with Gasteiger partial charge in [0.15, 0.2) is 11.6 Å². The Labute approximate surface area is 273 Å². The monoisotopic (exact) mass is 631 g/mol. The Hall–Kier alpha value is -4.98. The van der Waals surface area contributed by atoms with Crippen LogP contribution in [0, 0.1) is 23.7 Å². The van der Waals surface area contributed by atoms with E-state index in [0.717, 1.165) is 5.57 Å². The number of benzene rings is 3. The maximum Gasteiger partial charge on any atom is 0.233 e. The molecule has 7 rings (SSSR count). The Balaban J connectivity index is 1.54. The van der Waals surface area contributed by atoms with Gasteiger partial charge in [0.05, 0.1) is 31.5 Å². The molecule has 47 heavy (non-hydrogen) atoms. The van der Waals surface area contributed by atoms with Gasteiger partial charge in [-0.25, -0.2) is 0 Å². The van der Waals surface area contributed by atoms with Crippen LogP contribution in [-0.2, 0) is 24.6 Å². The lowest BCUT2D eigenvalue weighted by Crippen LogP contribution is -2.58. The molecule has 1 saturated carbocycles. The molecule has 1 heterocycles. The van der Waals surface area contributed by atoms with Crippen LogP contribution in [0.15, 0.2) is 90.5 Å². The van der Waals surface area contributed by atoms with Crippen LogP contribution in [0.25, 0.3) is 5.57 Å². The topological polar surface area (TPSA) is 110 Å². The summed E-state index contributed by atoms with van der Waals surface area (Å²) in [6.07, 6.45) is 4.60. The summed E-state index contributed by atoms with van der Waals surface area (Å²) in [5, 5.41) is 11.8. The number of carbonyl (C=O) groups is 4. The van der Waals surface area contributed by atoms with Crippen LogP contribution < -0.4 is 9.47 Å². The van der Waals surface area contributed by atoms with Gasteiger partial charge in [0.2, 0.25) is 11.8 Å². The quantitative estimate of drug-likeness (QED) is 0.265. The highest BCUT2D eigenvalue weighted by atomic mass is 16.5. The first kappa shape index (κ1) is 30.7. The van der Waals surface area contributed by atoms with Crippen LogP contribution in [0.5, 0.6) is 17.2 Å². The van der Waals surface area contributed by atoms with Crippen molar-refractivity contribution in [2.75, 3.05) is 20.8 Å². The Morgan fingerprint density at radius 3 is 2.26 bits per heavy atom. The lowest BCUT2D eigenvalue weighted by Gasteiger charge is -2.55. The second-order valence-electron chi connectivity index (χ2n) is 12.9. The van der Waals surface area contributed by atoms with Crippen LogP contribution in [0.2, 0.25) is 0 Å². The molecule has 8 heteroatoms. The highest BCUT2D eigenvalue weighted by Crippen LogP contribution is 2.65. The number of ether oxygens (including phenoxy) is 2. The average Bonchev–Trinajstić information content (AvgIpc) is 3.34. The lowest BCUT2D eigenvalue weighted by molar-refractivity contribution is -0.140. The van der Waals surface area contributed by atoms with Gasteiger partial charge in [0.1, 0.15) is 17.2 Å². The highest BCUT2D eigenvalue weighted by molar-refractivity contribution is 6.31. The van der Waals surface area contributed by atoms with Gasteiger partial charge >= 0.3 is 0 Å². The molecule has 0 bridgehead atoms. The maximum atomic E-state index is 15.1. The SMILES string of the molecule is CCCN1C(=O)C2CC=C3C(CC4C(=O)C(c5ccccc5)=CC(=O)C4(c4ccccc4)C3c3c(O)cc(OC)cc3OC)C2C1=O. The summed E-state index contributed by atoms with van der Waals surface area (Å²) in [6.45, 7) is 2.26. The minimum absolute atomic E-state index is 0.150. The molecular weight excluding hydrogens is 594 g/mol. The van der Waals surface area contributed by atoms with E-state index < -0.39 is 35.0 Å². The van der Waals surface area contributed by atoms with Gasteiger partial charge in [-0.15, -0.1) is 0 Å². The number of amides is 2. The zero-order chi connectivity index (χ0) is 33.0. The van der Waals surface area contributed by atoms with Crippen molar-refractivity contribution < 1.29 is 33.8 Å². The summed E-state index contributed by atoms with van der Waals surface area (Å²) in [5.41, 5.74) is 1.23. The number of fused-ring (bicyclic) bond motifs is 4. The number of likely N-dealkylation sites (tertiary alicyclic amines) is 1.